The number of nitrogens with zero attached hydrogens (tertiary/aromatic N) is 2. The van der Waals surface area contributed by atoms with Gasteiger partial charge in [0.25, 0.3) is 0 Å². The summed E-state index contributed by atoms with van der Waals surface area (Å²) in [5.41, 5.74) is 0. The average Bonchev–Trinajstić information content (AvgIpc) is 2.32. The lowest BCUT2D eigenvalue weighted by Gasteiger charge is -2.30. The number of anilines is 1. The fraction of sp³-hybridized carbons (Fsp3) is 0.500. The Kier molecular flexibility index (Phi) is 3.84. The third-order valence-electron chi connectivity index (χ3n) is 2.93. The molecule has 0 aromatic carbocycles. The molecule has 1 N–H and O–H groups in total. The van der Waals surface area contributed by atoms with Crippen LogP contribution in [0.1, 0.15) is 19.8 Å². The van der Waals surface area contributed by atoms with Crippen LogP contribution >= 0.6 is 11.6 Å². The number of pyridine rings is 1. The number of carbonyl (C=O) groups excluding carboxylic acids is 1. The SMILES string of the molecule is CC1CCCN(C(=O)Nc2ncccc2Cl)C1. The van der Waals surface area contributed by atoms with Crippen LogP contribution in [0.2, 0.25) is 5.02 Å². The van der Waals surface area contributed by atoms with Gasteiger partial charge in [0.1, 0.15) is 0 Å². The average molecular weight is 254 g/mol. The molecule has 92 valence electrons. The van der Waals surface area contributed by atoms with E-state index in [9.17, 15) is 4.79 Å². The van der Waals surface area contributed by atoms with E-state index in [4.69, 9.17) is 11.6 Å². The van der Waals surface area contributed by atoms with Crippen molar-refractivity contribution in [3.8, 4) is 0 Å². The summed E-state index contributed by atoms with van der Waals surface area (Å²) in [4.78, 5) is 17.8. The highest BCUT2D eigenvalue weighted by molar-refractivity contribution is 6.33. The second kappa shape index (κ2) is 5.36. The Morgan fingerprint density at radius 1 is 1.65 bits per heavy atom. The number of piperidine rings is 1. The lowest BCUT2D eigenvalue weighted by molar-refractivity contribution is 0.182. The van der Waals surface area contributed by atoms with Crippen molar-refractivity contribution < 1.29 is 4.79 Å². The number of carbonyl (C=O) groups is 1. The van der Waals surface area contributed by atoms with Gasteiger partial charge in [-0.05, 0) is 30.9 Å². The fourth-order valence-corrected chi connectivity index (χ4v) is 2.20. The number of hydrogen-bond acceptors (Lipinski definition) is 2. The van der Waals surface area contributed by atoms with Crippen LogP contribution in [-0.4, -0.2) is 29.0 Å². The van der Waals surface area contributed by atoms with Gasteiger partial charge in [-0.3, -0.25) is 5.32 Å². The minimum absolute atomic E-state index is 0.114. The maximum Gasteiger partial charge on any atom is 0.323 e. The van der Waals surface area contributed by atoms with Gasteiger partial charge in [0.05, 0.1) is 5.02 Å². The van der Waals surface area contributed by atoms with Crippen molar-refractivity contribution in [2.45, 2.75) is 19.8 Å². The summed E-state index contributed by atoms with van der Waals surface area (Å²) in [6.45, 7) is 3.77. The Labute approximate surface area is 106 Å². The molecule has 4 nitrogen and oxygen atoms in total. The van der Waals surface area contributed by atoms with Crippen LogP contribution in [-0.2, 0) is 0 Å². The van der Waals surface area contributed by atoms with Crippen molar-refractivity contribution in [3.63, 3.8) is 0 Å². The summed E-state index contributed by atoms with van der Waals surface area (Å²) in [5.74, 6) is 0.992. The van der Waals surface area contributed by atoms with Crippen LogP contribution in [0.3, 0.4) is 0 Å². The molecule has 1 aliphatic rings. The monoisotopic (exact) mass is 253 g/mol. The van der Waals surface area contributed by atoms with Crippen LogP contribution in [0.15, 0.2) is 18.3 Å². The summed E-state index contributed by atoms with van der Waals surface area (Å²) >= 11 is 5.94. The van der Waals surface area contributed by atoms with Crippen LogP contribution in [0, 0.1) is 5.92 Å². The number of halogens is 1. The Hall–Kier alpha value is -1.29. The second-order valence-electron chi connectivity index (χ2n) is 4.46. The largest absolute Gasteiger partial charge is 0.324 e. The highest BCUT2D eigenvalue weighted by atomic mass is 35.5. The van der Waals surface area contributed by atoms with Gasteiger partial charge in [-0.1, -0.05) is 18.5 Å². The second-order valence-corrected chi connectivity index (χ2v) is 4.86. The van der Waals surface area contributed by atoms with Crippen molar-refractivity contribution in [1.82, 2.24) is 9.88 Å². The standard InChI is InChI=1S/C12H16ClN3O/c1-9-4-3-7-16(8-9)12(17)15-11-10(13)5-2-6-14-11/h2,5-6,9H,3-4,7-8H2,1H3,(H,14,15,17). The van der Waals surface area contributed by atoms with Gasteiger partial charge >= 0.3 is 6.03 Å². The van der Waals surface area contributed by atoms with Crippen LogP contribution in [0.25, 0.3) is 0 Å². The summed E-state index contributed by atoms with van der Waals surface area (Å²) in [5, 5.41) is 3.21. The van der Waals surface area contributed by atoms with Gasteiger partial charge in [0, 0.05) is 19.3 Å². The molecule has 2 heterocycles. The molecule has 1 aromatic heterocycles. The number of rotatable bonds is 1. The molecule has 2 amide bonds. The Morgan fingerprint density at radius 3 is 3.18 bits per heavy atom. The molecule has 1 fully saturated rings. The number of hydrogen-bond donors (Lipinski definition) is 1. The molecule has 1 saturated heterocycles. The zero-order valence-electron chi connectivity index (χ0n) is 9.82. The van der Waals surface area contributed by atoms with Gasteiger partial charge in [0.2, 0.25) is 0 Å². The Morgan fingerprint density at radius 2 is 2.47 bits per heavy atom. The lowest BCUT2D eigenvalue weighted by Crippen LogP contribution is -2.41. The molecule has 5 heteroatoms. The maximum absolute atomic E-state index is 12.0. The third kappa shape index (κ3) is 3.09. The topological polar surface area (TPSA) is 45.2 Å². The van der Waals surface area contributed by atoms with Gasteiger partial charge < -0.3 is 4.90 Å². The molecular formula is C12H16ClN3O. The minimum Gasteiger partial charge on any atom is -0.324 e. The molecule has 17 heavy (non-hydrogen) atoms. The first-order chi connectivity index (χ1) is 8.16. The molecule has 0 bridgehead atoms. The Balaban J connectivity index is 1.99. The third-order valence-corrected chi connectivity index (χ3v) is 3.23. The van der Waals surface area contributed by atoms with E-state index in [2.05, 4.69) is 17.2 Å². The van der Waals surface area contributed by atoms with Crippen molar-refractivity contribution >= 4 is 23.4 Å². The van der Waals surface area contributed by atoms with Crippen LogP contribution < -0.4 is 5.32 Å². The van der Waals surface area contributed by atoms with E-state index < -0.39 is 0 Å². The number of nitrogens with one attached hydrogen (secondary N) is 1. The first-order valence-electron chi connectivity index (χ1n) is 5.83. The number of amides is 2. The zero-order chi connectivity index (χ0) is 12.3. The first-order valence-corrected chi connectivity index (χ1v) is 6.21. The molecule has 0 radical (unpaired) electrons. The fourth-order valence-electron chi connectivity index (χ4n) is 2.03. The van der Waals surface area contributed by atoms with Gasteiger partial charge in [-0.15, -0.1) is 0 Å². The summed E-state index contributed by atoms with van der Waals surface area (Å²) < 4.78 is 0. The molecular weight excluding hydrogens is 238 g/mol. The number of aromatic nitrogens is 1. The van der Waals surface area contributed by atoms with E-state index in [1.807, 2.05) is 4.90 Å². The number of likely N-dealkylation sites (tertiary alicyclic amines) is 1. The van der Waals surface area contributed by atoms with Crippen LogP contribution in [0.5, 0.6) is 0 Å². The zero-order valence-corrected chi connectivity index (χ0v) is 10.6. The van der Waals surface area contributed by atoms with Crippen molar-refractivity contribution in [2.24, 2.45) is 5.92 Å². The van der Waals surface area contributed by atoms with E-state index >= 15 is 0 Å². The predicted octanol–water partition coefficient (Wildman–Crippen LogP) is 3.00. The number of urea groups is 1. The maximum atomic E-state index is 12.0. The molecule has 0 saturated carbocycles. The first kappa shape index (κ1) is 12.2. The van der Waals surface area contributed by atoms with Crippen LogP contribution in [0.4, 0.5) is 10.6 Å². The van der Waals surface area contributed by atoms with E-state index in [1.165, 1.54) is 6.42 Å². The lowest BCUT2D eigenvalue weighted by atomic mass is 10.0. The molecule has 2 rings (SSSR count). The van der Waals surface area contributed by atoms with Crippen molar-refractivity contribution in [1.29, 1.82) is 0 Å². The minimum atomic E-state index is -0.114. The highest BCUT2D eigenvalue weighted by Gasteiger charge is 2.21. The molecule has 0 aliphatic carbocycles. The summed E-state index contributed by atoms with van der Waals surface area (Å²) in [6.07, 6.45) is 3.86. The van der Waals surface area contributed by atoms with E-state index in [1.54, 1.807) is 18.3 Å². The van der Waals surface area contributed by atoms with Crippen molar-refractivity contribution in [3.05, 3.63) is 23.4 Å². The Bertz CT molecular complexity index is 410. The van der Waals surface area contributed by atoms with Crippen molar-refractivity contribution in [2.75, 3.05) is 18.4 Å². The molecule has 0 spiro atoms. The molecule has 1 atom stereocenters. The van der Waals surface area contributed by atoms with Gasteiger partial charge in [0.15, 0.2) is 5.82 Å². The predicted molar refractivity (Wildman–Crippen MR) is 68.2 cm³/mol. The molecule has 1 aromatic rings. The van der Waals surface area contributed by atoms with E-state index in [0.29, 0.717) is 16.8 Å². The van der Waals surface area contributed by atoms with Gasteiger partial charge in [-0.25, -0.2) is 9.78 Å². The normalized spacial score (nSPS) is 20.1. The smallest absolute Gasteiger partial charge is 0.323 e. The summed E-state index contributed by atoms with van der Waals surface area (Å²) in [7, 11) is 0. The quantitative estimate of drug-likeness (QED) is 0.836. The summed E-state index contributed by atoms with van der Waals surface area (Å²) in [6, 6.07) is 3.33. The van der Waals surface area contributed by atoms with E-state index in [0.717, 1.165) is 19.5 Å². The molecule has 1 aliphatic heterocycles. The van der Waals surface area contributed by atoms with E-state index in [-0.39, 0.29) is 6.03 Å². The highest BCUT2D eigenvalue weighted by Crippen LogP contribution is 2.20. The molecule has 1 unspecified atom stereocenters. The van der Waals surface area contributed by atoms with Gasteiger partial charge in [-0.2, -0.15) is 0 Å².